The summed E-state index contributed by atoms with van der Waals surface area (Å²) in [5.41, 5.74) is 3.08. The Morgan fingerprint density at radius 3 is 2.37 bits per heavy atom. The Bertz CT molecular complexity index is 1070. The Morgan fingerprint density at radius 2 is 1.83 bits per heavy atom. The van der Waals surface area contributed by atoms with Gasteiger partial charge in [-0.15, -0.1) is 0 Å². The molecule has 0 saturated heterocycles. The summed E-state index contributed by atoms with van der Waals surface area (Å²) in [5.74, 6) is 0.610. The van der Waals surface area contributed by atoms with Crippen molar-refractivity contribution in [3.63, 3.8) is 0 Å². The van der Waals surface area contributed by atoms with Crippen LogP contribution in [0.2, 0.25) is 5.15 Å². The van der Waals surface area contributed by atoms with Crippen molar-refractivity contribution in [1.82, 2.24) is 19.3 Å². The Kier molecular flexibility index (Phi) is 5.39. The van der Waals surface area contributed by atoms with Crippen LogP contribution in [0, 0.1) is 26.7 Å². The Labute approximate surface area is 179 Å². The average molecular weight is 439 g/mol. The van der Waals surface area contributed by atoms with Crippen molar-refractivity contribution in [2.75, 3.05) is 6.54 Å². The first-order valence-electron chi connectivity index (χ1n) is 10.3. The number of benzene rings is 1. The first-order chi connectivity index (χ1) is 14.1. The molecule has 1 saturated carbocycles. The Morgan fingerprint density at radius 1 is 1.20 bits per heavy atom. The van der Waals surface area contributed by atoms with Crippen LogP contribution in [0.1, 0.15) is 47.8 Å². The van der Waals surface area contributed by atoms with E-state index in [4.69, 9.17) is 11.6 Å². The van der Waals surface area contributed by atoms with Gasteiger partial charge in [0.05, 0.1) is 11.4 Å². The van der Waals surface area contributed by atoms with E-state index in [2.05, 4.69) is 10.3 Å². The van der Waals surface area contributed by atoms with Crippen LogP contribution in [-0.2, 0) is 12.6 Å². The summed E-state index contributed by atoms with van der Waals surface area (Å²) in [5, 5.41) is 3.70. The van der Waals surface area contributed by atoms with Crippen LogP contribution in [0.3, 0.4) is 0 Å². The van der Waals surface area contributed by atoms with Gasteiger partial charge in [-0.05, 0) is 57.2 Å². The molecule has 30 heavy (non-hydrogen) atoms. The largest absolute Gasteiger partial charge is 0.435 e. The van der Waals surface area contributed by atoms with E-state index < -0.39 is 11.9 Å². The molecule has 0 bridgehead atoms. The quantitative estimate of drug-likeness (QED) is 0.539. The van der Waals surface area contributed by atoms with Crippen molar-refractivity contribution >= 4 is 17.4 Å². The highest BCUT2D eigenvalue weighted by atomic mass is 35.5. The third-order valence-electron chi connectivity index (χ3n) is 5.84. The topological polar surface area (TPSA) is 34.3 Å². The van der Waals surface area contributed by atoms with E-state index in [1.807, 2.05) is 39.8 Å². The van der Waals surface area contributed by atoms with E-state index in [1.54, 1.807) is 10.8 Å². The lowest BCUT2D eigenvalue weighted by Gasteiger charge is -2.18. The monoisotopic (exact) mass is 438 g/mol. The predicted molar refractivity (Wildman–Crippen MR) is 113 cm³/mol. The van der Waals surface area contributed by atoms with Crippen LogP contribution in [0.5, 0.6) is 0 Å². The summed E-state index contributed by atoms with van der Waals surface area (Å²) in [6.07, 6.45) is -0.616. The van der Waals surface area contributed by atoms with Gasteiger partial charge in [0.15, 0.2) is 5.69 Å². The van der Waals surface area contributed by atoms with Gasteiger partial charge in [-0.25, -0.2) is 4.98 Å². The Hall–Kier alpha value is -1.99. The molecule has 2 heterocycles. The maximum Gasteiger partial charge on any atom is 0.435 e. The second-order valence-electron chi connectivity index (χ2n) is 8.32. The molecule has 1 aliphatic rings. The van der Waals surface area contributed by atoms with Gasteiger partial charge in [0, 0.05) is 18.7 Å². The fourth-order valence-electron chi connectivity index (χ4n) is 4.53. The number of rotatable bonds is 6. The minimum atomic E-state index is -4.53. The molecule has 1 N–H and O–H groups in total. The van der Waals surface area contributed by atoms with Gasteiger partial charge in [-0.1, -0.05) is 36.2 Å². The molecule has 1 unspecified atom stereocenters. The van der Waals surface area contributed by atoms with Crippen LogP contribution < -0.4 is 5.32 Å². The number of hydrogen-bond donors (Lipinski definition) is 1. The number of nitrogens with zero attached hydrogens (tertiary/aromatic N) is 3. The summed E-state index contributed by atoms with van der Waals surface area (Å²) in [4.78, 5) is 4.07. The van der Waals surface area contributed by atoms with Gasteiger partial charge in [0.2, 0.25) is 5.78 Å². The van der Waals surface area contributed by atoms with Crippen molar-refractivity contribution < 1.29 is 13.2 Å². The van der Waals surface area contributed by atoms with Gasteiger partial charge in [0.1, 0.15) is 5.15 Å². The van der Waals surface area contributed by atoms with Gasteiger partial charge in [-0.3, -0.25) is 8.97 Å². The molecule has 162 valence electrons. The molecule has 4 rings (SSSR count). The number of likely N-dealkylation sites (N-methyl/N-ethyl adjacent to an activating group) is 1. The van der Waals surface area contributed by atoms with Crippen LogP contribution in [0.15, 0.2) is 18.3 Å². The third kappa shape index (κ3) is 3.73. The van der Waals surface area contributed by atoms with Crippen molar-refractivity contribution in [2.24, 2.45) is 5.92 Å². The minimum Gasteiger partial charge on any atom is -0.314 e. The van der Waals surface area contributed by atoms with E-state index in [9.17, 15) is 13.2 Å². The molecule has 3 aromatic rings. The minimum absolute atomic E-state index is 0.000901. The molecule has 1 atom stereocenters. The first-order valence-corrected chi connectivity index (χ1v) is 10.7. The number of aryl methyl sites for hydroxylation is 3. The fraction of sp³-hybridized carbons (Fsp3) is 0.500. The zero-order chi connectivity index (χ0) is 21.8. The van der Waals surface area contributed by atoms with Gasteiger partial charge in [-0.2, -0.15) is 13.2 Å². The molecule has 1 aromatic carbocycles. The zero-order valence-electron chi connectivity index (χ0n) is 17.6. The number of alkyl halides is 3. The number of nitrogens with one attached hydrogen (secondary N) is 1. The zero-order valence-corrected chi connectivity index (χ0v) is 18.3. The number of hydrogen-bond acceptors (Lipinski definition) is 2. The van der Waals surface area contributed by atoms with E-state index in [0.717, 1.165) is 35.2 Å². The molecule has 1 fully saturated rings. The molecule has 0 aliphatic heterocycles. The first kappa shape index (κ1) is 21.2. The summed E-state index contributed by atoms with van der Waals surface area (Å²) >= 11 is 6.54. The predicted octanol–water partition coefficient (Wildman–Crippen LogP) is 5.65. The maximum atomic E-state index is 13.9. The SMILES string of the molecule is CCNC(Cc1c(C(F)(F)F)nc2n(-c3c(C)cc(C)cc3C)c(Cl)cn12)C1CC1. The highest BCUT2D eigenvalue weighted by Gasteiger charge is 2.41. The lowest BCUT2D eigenvalue weighted by atomic mass is 10.0. The second-order valence-corrected chi connectivity index (χ2v) is 8.70. The van der Waals surface area contributed by atoms with E-state index >= 15 is 0 Å². The van der Waals surface area contributed by atoms with Crippen molar-refractivity contribution in [1.29, 1.82) is 0 Å². The van der Waals surface area contributed by atoms with Crippen molar-refractivity contribution in [3.8, 4) is 5.69 Å². The summed E-state index contributed by atoms with van der Waals surface area (Å²) in [7, 11) is 0. The molecule has 0 radical (unpaired) electrons. The summed E-state index contributed by atoms with van der Waals surface area (Å²) < 4.78 is 44.9. The number of aromatic nitrogens is 3. The highest BCUT2D eigenvalue weighted by Crippen LogP contribution is 2.39. The number of imidazole rings is 2. The molecule has 2 aromatic heterocycles. The normalized spacial score (nSPS) is 15.9. The van der Waals surface area contributed by atoms with Crippen LogP contribution in [-0.4, -0.2) is 26.5 Å². The fourth-order valence-corrected chi connectivity index (χ4v) is 4.79. The lowest BCUT2D eigenvalue weighted by Crippen LogP contribution is -2.34. The molecular weight excluding hydrogens is 413 g/mol. The van der Waals surface area contributed by atoms with Crippen LogP contribution in [0.25, 0.3) is 11.5 Å². The third-order valence-corrected chi connectivity index (χ3v) is 6.11. The summed E-state index contributed by atoms with van der Waals surface area (Å²) in [6.45, 7) is 8.55. The standard InChI is InChI=1S/C22H26ClF3N4/c1-5-27-16(15-6-7-15)10-17-20(22(24,25)26)28-21-29(17)11-18(23)30(21)19-13(3)8-12(2)9-14(19)4/h8-9,11,15-16,27H,5-7,10H2,1-4H3. The molecule has 0 spiro atoms. The Balaban J connectivity index is 1.92. The lowest BCUT2D eigenvalue weighted by molar-refractivity contribution is -0.141. The highest BCUT2D eigenvalue weighted by molar-refractivity contribution is 6.30. The molecule has 8 heteroatoms. The van der Waals surface area contributed by atoms with E-state index in [0.29, 0.717) is 17.6 Å². The molecule has 4 nitrogen and oxygen atoms in total. The van der Waals surface area contributed by atoms with E-state index in [1.165, 1.54) is 4.40 Å². The number of fused-ring (bicyclic) bond motifs is 1. The van der Waals surface area contributed by atoms with Crippen LogP contribution >= 0.6 is 11.6 Å². The summed E-state index contributed by atoms with van der Waals surface area (Å²) in [6, 6.07) is 4.00. The average Bonchev–Trinajstić information content (AvgIpc) is 3.34. The van der Waals surface area contributed by atoms with Gasteiger partial charge < -0.3 is 5.32 Å². The smallest absolute Gasteiger partial charge is 0.314 e. The van der Waals surface area contributed by atoms with Crippen molar-refractivity contribution in [3.05, 3.63) is 51.6 Å². The number of halogens is 4. The van der Waals surface area contributed by atoms with Gasteiger partial charge in [0.25, 0.3) is 0 Å². The molecular formula is C22H26ClF3N4. The van der Waals surface area contributed by atoms with Crippen molar-refractivity contribution in [2.45, 2.75) is 59.2 Å². The maximum absolute atomic E-state index is 13.9. The molecule has 0 amide bonds. The van der Waals surface area contributed by atoms with Gasteiger partial charge >= 0.3 is 6.18 Å². The van der Waals surface area contributed by atoms with E-state index in [-0.39, 0.29) is 23.9 Å². The molecule has 1 aliphatic carbocycles. The van der Waals surface area contributed by atoms with Crippen LogP contribution in [0.4, 0.5) is 13.2 Å². The second kappa shape index (κ2) is 7.61.